The van der Waals surface area contributed by atoms with Crippen LogP contribution in [0.25, 0.3) is 0 Å². The molecule has 0 aliphatic rings. The normalized spacial score (nSPS) is 12.7. The molecule has 0 saturated heterocycles. The van der Waals surface area contributed by atoms with Crippen LogP contribution in [0.15, 0.2) is 12.1 Å². The number of benzene rings is 1. The summed E-state index contributed by atoms with van der Waals surface area (Å²) < 4.78 is 5.73. The fraction of sp³-hybridized carbons (Fsp3) is 0.647. The Hall–Kier alpha value is -0.980. The predicted octanol–water partition coefficient (Wildman–Crippen LogP) is 4.85. The van der Waals surface area contributed by atoms with Gasteiger partial charge >= 0.3 is 0 Å². The van der Waals surface area contributed by atoms with E-state index < -0.39 is 0 Å². The van der Waals surface area contributed by atoms with Crippen LogP contribution in [0.3, 0.4) is 0 Å². The van der Waals surface area contributed by atoms with Gasteiger partial charge in [0.05, 0.1) is 7.11 Å². The molecular formula is C17H28O. The van der Waals surface area contributed by atoms with Crippen LogP contribution in [0.4, 0.5) is 0 Å². The molecule has 1 aromatic carbocycles. The maximum absolute atomic E-state index is 5.73. The van der Waals surface area contributed by atoms with Crippen molar-refractivity contribution in [3.8, 4) is 5.75 Å². The number of hydrogen-bond acceptors (Lipinski definition) is 1. The molecule has 0 bridgehead atoms. The van der Waals surface area contributed by atoms with Gasteiger partial charge in [-0.1, -0.05) is 60.6 Å². The average molecular weight is 248 g/mol. The van der Waals surface area contributed by atoms with Crippen molar-refractivity contribution < 1.29 is 4.74 Å². The van der Waals surface area contributed by atoms with Gasteiger partial charge in [-0.25, -0.2) is 0 Å². The minimum atomic E-state index is 0.108. The summed E-state index contributed by atoms with van der Waals surface area (Å²) >= 11 is 0. The molecule has 0 amide bonds. The zero-order chi connectivity index (χ0) is 14.1. The second-order valence-electron chi connectivity index (χ2n) is 7.08. The highest BCUT2D eigenvalue weighted by Crippen LogP contribution is 2.40. The molecule has 0 fully saturated rings. The lowest BCUT2D eigenvalue weighted by molar-refractivity contribution is 0.381. The van der Waals surface area contributed by atoms with Crippen molar-refractivity contribution in [3.63, 3.8) is 0 Å². The lowest BCUT2D eigenvalue weighted by atomic mass is 9.78. The van der Waals surface area contributed by atoms with Crippen molar-refractivity contribution >= 4 is 0 Å². The molecule has 18 heavy (non-hydrogen) atoms. The predicted molar refractivity (Wildman–Crippen MR) is 79.8 cm³/mol. The number of aryl methyl sites for hydroxylation is 1. The van der Waals surface area contributed by atoms with E-state index in [4.69, 9.17) is 4.74 Å². The minimum Gasteiger partial charge on any atom is -0.496 e. The van der Waals surface area contributed by atoms with Crippen LogP contribution in [-0.2, 0) is 17.3 Å². The monoisotopic (exact) mass is 248 g/mol. The molecule has 102 valence electrons. The van der Waals surface area contributed by atoms with Crippen LogP contribution >= 0.6 is 0 Å². The lowest BCUT2D eigenvalue weighted by Gasteiger charge is -2.29. The van der Waals surface area contributed by atoms with Crippen LogP contribution < -0.4 is 4.74 Å². The molecule has 1 aromatic rings. The Bertz CT molecular complexity index is 381. The van der Waals surface area contributed by atoms with Crippen LogP contribution in [-0.4, -0.2) is 7.11 Å². The van der Waals surface area contributed by atoms with Gasteiger partial charge in [0.2, 0.25) is 0 Å². The Morgan fingerprint density at radius 2 is 1.28 bits per heavy atom. The topological polar surface area (TPSA) is 9.23 Å². The molecule has 0 spiro atoms. The highest BCUT2D eigenvalue weighted by atomic mass is 16.5. The highest BCUT2D eigenvalue weighted by Gasteiger charge is 2.27. The lowest BCUT2D eigenvalue weighted by Crippen LogP contribution is -2.19. The third-order valence-corrected chi connectivity index (χ3v) is 3.38. The summed E-state index contributed by atoms with van der Waals surface area (Å²) in [6.45, 7) is 15.7. The molecule has 1 nitrogen and oxygen atoms in total. The molecular weight excluding hydrogens is 220 g/mol. The summed E-state index contributed by atoms with van der Waals surface area (Å²) in [4.78, 5) is 0. The van der Waals surface area contributed by atoms with E-state index in [9.17, 15) is 0 Å². The van der Waals surface area contributed by atoms with Crippen molar-refractivity contribution in [3.05, 3.63) is 28.8 Å². The maximum atomic E-state index is 5.73. The number of ether oxygens (including phenoxy) is 1. The Labute approximate surface area is 113 Å². The van der Waals surface area contributed by atoms with E-state index in [1.54, 1.807) is 7.11 Å². The standard InChI is InChI=1S/C17H28O/c1-9-12-10-13(16(2,3)4)15(18-8)14(11-12)17(5,6)7/h10-11H,9H2,1-8H3. The fourth-order valence-electron chi connectivity index (χ4n) is 2.23. The molecule has 0 aliphatic carbocycles. The van der Waals surface area contributed by atoms with Crippen molar-refractivity contribution in [2.75, 3.05) is 7.11 Å². The van der Waals surface area contributed by atoms with Gasteiger partial charge in [-0.2, -0.15) is 0 Å². The third kappa shape index (κ3) is 3.07. The van der Waals surface area contributed by atoms with Gasteiger partial charge in [0, 0.05) is 11.1 Å². The molecule has 0 unspecified atom stereocenters. The Morgan fingerprint density at radius 1 is 0.889 bits per heavy atom. The summed E-state index contributed by atoms with van der Waals surface area (Å²) in [5, 5.41) is 0. The van der Waals surface area contributed by atoms with Crippen molar-refractivity contribution in [1.82, 2.24) is 0 Å². The first-order chi connectivity index (χ1) is 8.11. The van der Waals surface area contributed by atoms with E-state index in [1.807, 2.05) is 0 Å². The zero-order valence-corrected chi connectivity index (χ0v) is 13.3. The van der Waals surface area contributed by atoms with Gasteiger partial charge in [0.1, 0.15) is 5.75 Å². The van der Waals surface area contributed by atoms with Crippen molar-refractivity contribution in [2.24, 2.45) is 0 Å². The van der Waals surface area contributed by atoms with Gasteiger partial charge in [0.25, 0.3) is 0 Å². The van der Waals surface area contributed by atoms with Crippen molar-refractivity contribution in [2.45, 2.75) is 65.7 Å². The van der Waals surface area contributed by atoms with Gasteiger partial charge < -0.3 is 4.74 Å². The zero-order valence-electron chi connectivity index (χ0n) is 13.3. The van der Waals surface area contributed by atoms with Crippen molar-refractivity contribution in [1.29, 1.82) is 0 Å². The van der Waals surface area contributed by atoms with E-state index in [0.29, 0.717) is 0 Å². The molecule has 0 aromatic heterocycles. The smallest absolute Gasteiger partial charge is 0.126 e. The van der Waals surface area contributed by atoms with E-state index in [2.05, 4.69) is 60.6 Å². The van der Waals surface area contributed by atoms with E-state index in [-0.39, 0.29) is 10.8 Å². The number of rotatable bonds is 2. The molecule has 0 aliphatic heterocycles. The number of hydrogen-bond donors (Lipinski definition) is 0. The van der Waals surface area contributed by atoms with Crippen LogP contribution in [0.1, 0.15) is 65.2 Å². The maximum Gasteiger partial charge on any atom is 0.126 e. The first kappa shape index (κ1) is 15.1. The first-order valence-corrected chi connectivity index (χ1v) is 6.83. The highest BCUT2D eigenvalue weighted by molar-refractivity contribution is 5.50. The minimum absolute atomic E-state index is 0.108. The SMILES string of the molecule is CCc1cc(C(C)(C)C)c(OC)c(C(C)(C)C)c1. The molecule has 0 saturated carbocycles. The van der Waals surface area contributed by atoms with Gasteiger partial charge in [-0.05, 0) is 22.8 Å². The first-order valence-electron chi connectivity index (χ1n) is 6.83. The largest absolute Gasteiger partial charge is 0.496 e. The Morgan fingerprint density at radius 3 is 1.50 bits per heavy atom. The second-order valence-corrected chi connectivity index (χ2v) is 7.08. The van der Waals surface area contributed by atoms with E-state index in [0.717, 1.165) is 12.2 Å². The molecule has 0 heterocycles. The third-order valence-electron chi connectivity index (χ3n) is 3.38. The molecule has 0 atom stereocenters. The van der Waals surface area contributed by atoms with E-state index in [1.165, 1.54) is 16.7 Å². The van der Waals surface area contributed by atoms with Crippen LogP contribution in [0.2, 0.25) is 0 Å². The Balaban J connectivity index is 3.61. The van der Waals surface area contributed by atoms with Crippen LogP contribution in [0, 0.1) is 0 Å². The van der Waals surface area contributed by atoms with Gasteiger partial charge in [-0.15, -0.1) is 0 Å². The number of methoxy groups -OCH3 is 1. The molecule has 0 radical (unpaired) electrons. The van der Waals surface area contributed by atoms with Gasteiger partial charge in [-0.3, -0.25) is 0 Å². The van der Waals surface area contributed by atoms with Gasteiger partial charge in [0.15, 0.2) is 0 Å². The summed E-state index contributed by atoms with van der Waals surface area (Å²) in [6, 6.07) is 4.60. The molecule has 1 rings (SSSR count). The Kier molecular flexibility index (Phi) is 4.15. The second kappa shape index (κ2) is 4.95. The summed E-state index contributed by atoms with van der Waals surface area (Å²) in [5.74, 6) is 1.06. The summed E-state index contributed by atoms with van der Waals surface area (Å²) in [5.41, 5.74) is 4.24. The molecule has 0 N–H and O–H groups in total. The summed E-state index contributed by atoms with van der Waals surface area (Å²) in [7, 11) is 1.78. The molecule has 1 heteroatoms. The summed E-state index contributed by atoms with van der Waals surface area (Å²) in [6.07, 6.45) is 1.07. The average Bonchev–Trinajstić information content (AvgIpc) is 2.24. The fourth-order valence-corrected chi connectivity index (χ4v) is 2.23. The van der Waals surface area contributed by atoms with E-state index >= 15 is 0 Å². The van der Waals surface area contributed by atoms with Crippen LogP contribution in [0.5, 0.6) is 5.75 Å². The quantitative estimate of drug-likeness (QED) is 0.726.